The second kappa shape index (κ2) is 7.77. The first-order valence-electron chi connectivity index (χ1n) is 8.85. The molecule has 0 bridgehead atoms. The van der Waals surface area contributed by atoms with Crippen molar-refractivity contribution in [3.8, 4) is 0 Å². The van der Waals surface area contributed by atoms with Gasteiger partial charge < -0.3 is 10.2 Å². The smallest absolute Gasteiger partial charge is 0.174 e. The zero-order valence-corrected chi connectivity index (χ0v) is 16.7. The van der Waals surface area contributed by atoms with E-state index >= 15 is 0 Å². The summed E-state index contributed by atoms with van der Waals surface area (Å²) in [5.74, 6) is 0.174. The number of hydrogen-bond donors (Lipinski definition) is 1. The number of carbonyl (C=O) groups excluding carboxylic acids is 1. The van der Waals surface area contributed by atoms with Crippen LogP contribution in [-0.4, -0.2) is 22.8 Å². The van der Waals surface area contributed by atoms with Gasteiger partial charge in [-0.25, -0.2) is 0 Å². The van der Waals surface area contributed by atoms with Gasteiger partial charge >= 0.3 is 0 Å². The molecular weight excluding hydrogens is 364 g/mol. The van der Waals surface area contributed by atoms with Gasteiger partial charge in [-0.15, -0.1) is 0 Å². The Labute approximate surface area is 165 Å². The third-order valence-electron chi connectivity index (χ3n) is 5.12. The Morgan fingerprint density at radius 1 is 1.19 bits per heavy atom. The maximum absolute atomic E-state index is 13.1. The van der Waals surface area contributed by atoms with Crippen LogP contribution in [0.5, 0.6) is 0 Å². The molecule has 26 heavy (non-hydrogen) atoms. The average molecular weight is 387 g/mol. The average Bonchev–Trinajstić information content (AvgIpc) is 2.62. The molecule has 0 unspecified atom stereocenters. The molecule has 0 radical (unpaired) electrons. The minimum Gasteiger partial charge on any atom is -0.335 e. The van der Waals surface area contributed by atoms with Crippen LogP contribution in [0.4, 0.5) is 5.69 Å². The van der Waals surface area contributed by atoms with Gasteiger partial charge in [-0.05, 0) is 62.2 Å². The SMILES string of the molecule is Cc1cccc(NC(=S)N(C)[C@@]2(c3ccccc3Cl)CCCCC2=O)c1. The highest BCUT2D eigenvalue weighted by atomic mass is 35.5. The number of Topliss-reactive ketones (excluding diaryl/α,β-unsaturated/α-hetero) is 1. The second-order valence-corrected chi connectivity index (χ2v) is 7.62. The molecule has 0 amide bonds. The summed E-state index contributed by atoms with van der Waals surface area (Å²) in [6.07, 6.45) is 3.13. The molecule has 3 nitrogen and oxygen atoms in total. The Balaban J connectivity index is 1.98. The Bertz CT molecular complexity index is 838. The number of benzene rings is 2. The van der Waals surface area contributed by atoms with Crippen molar-refractivity contribution in [3.63, 3.8) is 0 Å². The summed E-state index contributed by atoms with van der Waals surface area (Å²) in [5.41, 5.74) is 2.08. The normalized spacial score (nSPS) is 19.9. The Hall–Kier alpha value is -1.91. The quantitative estimate of drug-likeness (QED) is 0.724. The number of thiocarbonyl (C=S) groups is 1. The zero-order chi connectivity index (χ0) is 18.7. The van der Waals surface area contributed by atoms with Crippen molar-refractivity contribution >= 4 is 40.4 Å². The van der Waals surface area contributed by atoms with Gasteiger partial charge in [0, 0.05) is 29.7 Å². The molecule has 1 aliphatic rings. The van der Waals surface area contributed by atoms with E-state index in [-0.39, 0.29) is 5.78 Å². The maximum atomic E-state index is 13.1. The summed E-state index contributed by atoms with van der Waals surface area (Å²) >= 11 is 12.2. The van der Waals surface area contributed by atoms with Crippen LogP contribution in [0, 0.1) is 6.92 Å². The number of carbonyl (C=O) groups is 1. The number of nitrogens with one attached hydrogen (secondary N) is 1. The number of aryl methyl sites for hydroxylation is 1. The molecular formula is C21H23ClN2OS. The fourth-order valence-electron chi connectivity index (χ4n) is 3.73. The van der Waals surface area contributed by atoms with Crippen LogP contribution in [0.2, 0.25) is 5.02 Å². The van der Waals surface area contributed by atoms with Crippen LogP contribution in [-0.2, 0) is 10.3 Å². The van der Waals surface area contributed by atoms with Crippen molar-refractivity contribution in [1.29, 1.82) is 0 Å². The van der Waals surface area contributed by atoms with E-state index in [0.29, 0.717) is 23.0 Å². The topological polar surface area (TPSA) is 32.3 Å². The van der Waals surface area contributed by atoms with E-state index in [4.69, 9.17) is 23.8 Å². The van der Waals surface area contributed by atoms with E-state index in [9.17, 15) is 4.79 Å². The van der Waals surface area contributed by atoms with Crippen LogP contribution < -0.4 is 5.32 Å². The van der Waals surface area contributed by atoms with Crippen molar-refractivity contribution in [2.45, 2.75) is 38.1 Å². The van der Waals surface area contributed by atoms with Crippen LogP contribution in [0.25, 0.3) is 0 Å². The van der Waals surface area contributed by atoms with E-state index in [1.54, 1.807) is 0 Å². The third kappa shape index (κ3) is 3.49. The van der Waals surface area contributed by atoms with E-state index in [0.717, 1.165) is 29.7 Å². The van der Waals surface area contributed by atoms with Crippen LogP contribution in [0.3, 0.4) is 0 Å². The van der Waals surface area contributed by atoms with E-state index < -0.39 is 5.54 Å². The molecule has 1 fully saturated rings. The molecule has 0 heterocycles. The number of halogens is 1. The first kappa shape index (κ1) is 18.9. The molecule has 3 rings (SSSR count). The van der Waals surface area contributed by atoms with E-state index in [1.165, 1.54) is 0 Å². The first-order valence-corrected chi connectivity index (χ1v) is 9.63. The number of rotatable bonds is 3. The highest BCUT2D eigenvalue weighted by Crippen LogP contribution is 2.42. The molecule has 5 heteroatoms. The lowest BCUT2D eigenvalue weighted by atomic mass is 9.74. The highest BCUT2D eigenvalue weighted by molar-refractivity contribution is 7.80. The standard InChI is InChI=1S/C21H23ClN2OS/c1-15-8-7-9-16(14-15)23-20(26)24(2)21(13-6-5-12-19(21)25)17-10-3-4-11-18(17)22/h3-4,7-11,14H,5-6,12-13H2,1-2H3,(H,23,26)/t21-/m1/s1. The molecule has 0 saturated heterocycles. The van der Waals surface area contributed by atoms with Crippen molar-refractivity contribution in [2.75, 3.05) is 12.4 Å². The van der Waals surface area contributed by atoms with Gasteiger partial charge in [-0.1, -0.05) is 41.9 Å². The van der Waals surface area contributed by atoms with Gasteiger partial charge in [0.2, 0.25) is 0 Å². The second-order valence-electron chi connectivity index (χ2n) is 6.83. The molecule has 1 N–H and O–H groups in total. The molecule has 2 aromatic rings. The summed E-state index contributed by atoms with van der Waals surface area (Å²) < 4.78 is 0. The Kier molecular flexibility index (Phi) is 5.64. The maximum Gasteiger partial charge on any atom is 0.174 e. The molecule has 1 saturated carbocycles. The van der Waals surface area contributed by atoms with Crippen molar-refractivity contribution in [2.24, 2.45) is 0 Å². The third-order valence-corrected chi connectivity index (χ3v) is 5.83. The predicted octanol–water partition coefficient (Wildman–Crippen LogP) is 5.32. The van der Waals surface area contributed by atoms with Crippen molar-refractivity contribution in [3.05, 3.63) is 64.7 Å². The van der Waals surface area contributed by atoms with E-state index in [1.807, 2.05) is 67.4 Å². The van der Waals surface area contributed by atoms with Crippen LogP contribution in [0.1, 0.15) is 36.8 Å². The largest absolute Gasteiger partial charge is 0.335 e. The minimum absolute atomic E-state index is 0.174. The van der Waals surface area contributed by atoms with Gasteiger partial charge in [0.25, 0.3) is 0 Å². The first-order chi connectivity index (χ1) is 12.4. The van der Waals surface area contributed by atoms with Crippen molar-refractivity contribution < 1.29 is 4.79 Å². The van der Waals surface area contributed by atoms with Gasteiger partial charge in [-0.2, -0.15) is 0 Å². The van der Waals surface area contributed by atoms with Gasteiger partial charge in [-0.3, -0.25) is 4.79 Å². The molecule has 0 spiro atoms. The predicted molar refractivity (Wildman–Crippen MR) is 112 cm³/mol. The molecule has 0 aromatic heterocycles. The summed E-state index contributed by atoms with van der Waals surface area (Å²) in [5, 5.41) is 4.40. The fraction of sp³-hybridized carbons (Fsp3) is 0.333. The summed E-state index contributed by atoms with van der Waals surface area (Å²) in [6, 6.07) is 15.6. The van der Waals surface area contributed by atoms with E-state index in [2.05, 4.69) is 5.32 Å². The Morgan fingerprint density at radius 3 is 2.65 bits per heavy atom. The fourth-order valence-corrected chi connectivity index (χ4v) is 4.30. The van der Waals surface area contributed by atoms with Gasteiger partial charge in [0.05, 0.1) is 0 Å². The van der Waals surface area contributed by atoms with Crippen molar-refractivity contribution in [1.82, 2.24) is 4.90 Å². The lowest BCUT2D eigenvalue weighted by molar-refractivity contribution is -0.131. The van der Waals surface area contributed by atoms with Crippen LogP contribution in [0.15, 0.2) is 48.5 Å². The monoisotopic (exact) mass is 386 g/mol. The minimum atomic E-state index is -0.815. The molecule has 1 aliphatic carbocycles. The summed E-state index contributed by atoms with van der Waals surface area (Å²) in [6.45, 7) is 2.04. The molecule has 136 valence electrons. The number of ketones is 1. The number of nitrogens with zero attached hydrogens (tertiary/aromatic N) is 1. The van der Waals surface area contributed by atoms with Crippen LogP contribution >= 0.6 is 23.8 Å². The summed E-state index contributed by atoms with van der Waals surface area (Å²) in [7, 11) is 1.89. The van der Waals surface area contributed by atoms with Gasteiger partial charge in [0.1, 0.15) is 5.54 Å². The molecule has 1 atom stereocenters. The molecule has 0 aliphatic heterocycles. The Morgan fingerprint density at radius 2 is 1.96 bits per heavy atom. The lowest BCUT2D eigenvalue weighted by Gasteiger charge is -2.45. The zero-order valence-electron chi connectivity index (χ0n) is 15.1. The highest BCUT2D eigenvalue weighted by Gasteiger charge is 2.47. The summed E-state index contributed by atoms with van der Waals surface area (Å²) in [4.78, 5) is 15.0. The number of hydrogen-bond acceptors (Lipinski definition) is 2. The number of likely N-dealkylation sites (N-methyl/N-ethyl adjacent to an activating group) is 1. The molecule has 2 aromatic carbocycles. The lowest BCUT2D eigenvalue weighted by Crippen LogP contribution is -2.55. The number of anilines is 1. The van der Waals surface area contributed by atoms with Gasteiger partial charge in [0.15, 0.2) is 10.9 Å².